The molecule has 0 aromatic heterocycles. The molecular weight excluding hydrogens is 416 g/mol. The molecule has 1 rings (SSSR count). The van der Waals surface area contributed by atoms with E-state index in [0.717, 1.165) is 58.2 Å². The molecule has 6 nitrogen and oxygen atoms in total. The molecule has 31 heavy (non-hydrogen) atoms. The van der Waals surface area contributed by atoms with Crippen LogP contribution in [0.25, 0.3) is 0 Å². The fourth-order valence-electron chi connectivity index (χ4n) is 2.95. The van der Waals surface area contributed by atoms with Gasteiger partial charge in [0.2, 0.25) is 0 Å². The maximum absolute atomic E-state index is 10.9. The predicted octanol–water partition coefficient (Wildman–Crippen LogP) is 4.73. The molecule has 0 unspecified atom stereocenters. The van der Waals surface area contributed by atoms with Crippen molar-refractivity contribution in [2.24, 2.45) is 5.73 Å². The van der Waals surface area contributed by atoms with Crippen molar-refractivity contribution in [3.63, 3.8) is 0 Å². The van der Waals surface area contributed by atoms with Crippen molar-refractivity contribution in [2.45, 2.75) is 70.8 Å². The number of nitrogens with two attached hydrogens (primary N) is 1. The van der Waals surface area contributed by atoms with Gasteiger partial charge in [-0.25, -0.2) is 0 Å². The van der Waals surface area contributed by atoms with Crippen LogP contribution in [0.3, 0.4) is 0 Å². The monoisotopic (exact) mass is 458 g/mol. The molecule has 0 spiro atoms. The van der Waals surface area contributed by atoms with Gasteiger partial charge in [-0.2, -0.15) is 0 Å². The van der Waals surface area contributed by atoms with Crippen LogP contribution >= 0.6 is 12.4 Å². The smallest absolute Gasteiger partial charge is 0.305 e. The fourth-order valence-corrected chi connectivity index (χ4v) is 2.95. The topological polar surface area (TPSA) is 81.9 Å². The minimum Gasteiger partial charge on any atom is -0.469 e. The van der Waals surface area contributed by atoms with Crippen LogP contribution in [0.4, 0.5) is 0 Å². The molecule has 0 bridgehead atoms. The quantitative estimate of drug-likeness (QED) is 0.302. The van der Waals surface area contributed by atoms with Crippen LogP contribution in [0.1, 0.15) is 69.8 Å². The maximum Gasteiger partial charge on any atom is 0.305 e. The molecule has 0 aliphatic heterocycles. The first-order chi connectivity index (χ1) is 14.5. The van der Waals surface area contributed by atoms with E-state index in [-0.39, 0.29) is 24.3 Å². The molecule has 0 radical (unpaired) electrons. The normalized spacial score (nSPS) is 9.97. The van der Waals surface area contributed by atoms with Crippen molar-refractivity contribution in [3.8, 4) is 0 Å². The van der Waals surface area contributed by atoms with Crippen LogP contribution in [-0.4, -0.2) is 51.2 Å². The highest BCUT2D eigenvalue weighted by molar-refractivity contribution is 5.85. The first-order valence-electron chi connectivity index (χ1n) is 11.1. The molecule has 0 fully saturated rings. The number of carbonyl (C=O) groups excluding carboxylic acids is 2. The number of methoxy groups -OCH3 is 2. The van der Waals surface area contributed by atoms with Gasteiger partial charge in [-0.1, -0.05) is 56.0 Å². The number of ether oxygens (including phenoxy) is 2. The van der Waals surface area contributed by atoms with E-state index >= 15 is 0 Å². The molecule has 1 aromatic carbocycles. The van der Waals surface area contributed by atoms with Gasteiger partial charge in [-0.3, -0.25) is 9.59 Å². The molecule has 0 aliphatic rings. The maximum atomic E-state index is 10.9. The highest BCUT2D eigenvalue weighted by Gasteiger charge is 2.02. The summed E-state index contributed by atoms with van der Waals surface area (Å²) >= 11 is 0. The molecule has 0 atom stereocenters. The number of nitrogens with zero attached hydrogens (tertiary/aromatic N) is 1. The summed E-state index contributed by atoms with van der Waals surface area (Å²) in [5, 5.41) is 0. The predicted molar refractivity (Wildman–Crippen MR) is 129 cm³/mol. The average Bonchev–Trinajstić information content (AvgIpc) is 2.76. The van der Waals surface area contributed by atoms with E-state index < -0.39 is 0 Å². The molecule has 0 saturated heterocycles. The Kier molecular flexibility index (Phi) is 23.5. The second kappa shape index (κ2) is 23.0. The van der Waals surface area contributed by atoms with Gasteiger partial charge in [-0.15, -0.1) is 12.4 Å². The third-order valence-electron chi connectivity index (χ3n) is 4.76. The lowest BCUT2D eigenvalue weighted by Gasteiger charge is -2.16. The second-order valence-corrected chi connectivity index (χ2v) is 7.49. The van der Waals surface area contributed by atoms with Crippen molar-refractivity contribution in [2.75, 3.05) is 34.4 Å². The molecule has 0 saturated carbocycles. The molecule has 0 aliphatic carbocycles. The van der Waals surface area contributed by atoms with Gasteiger partial charge in [0.25, 0.3) is 0 Å². The summed E-state index contributed by atoms with van der Waals surface area (Å²) in [7, 11) is 5.02. The Morgan fingerprint density at radius 3 is 1.77 bits per heavy atom. The van der Waals surface area contributed by atoms with E-state index in [2.05, 4.69) is 45.7 Å². The number of benzene rings is 1. The summed E-state index contributed by atoms with van der Waals surface area (Å²) in [5.74, 6) is -0.209. The Morgan fingerprint density at radius 2 is 1.29 bits per heavy atom. The van der Waals surface area contributed by atoms with Crippen molar-refractivity contribution in [1.82, 2.24) is 4.90 Å². The van der Waals surface area contributed by atoms with E-state index in [4.69, 9.17) is 5.73 Å². The molecule has 0 amide bonds. The highest BCUT2D eigenvalue weighted by Crippen LogP contribution is 2.07. The molecule has 2 N–H and O–H groups in total. The summed E-state index contributed by atoms with van der Waals surface area (Å²) in [6.45, 7) is 2.86. The number of esters is 2. The van der Waals surface area contributed by atoms with Crippen LogP contribution in [0.5, 0.6) is 0 Å². The lowest BCUT2D eigenvalue weighted by Crippen LogP contribution is -2.18. The van der Waals surface area contributed by atoms with Crippen molar-refractivity contribution in [1.29, 1.82) is 0 Å². The summed E-state index contributed by atoms with van der Waals surface area (Å²) in [6, 6.07) is 10.5. The zero-order valence-electron chi connectivity index (χ0n) is 19.6. The van der Waals surface area contributed by atoms with Gasteiger partial charge in [-0.05, 0) is 51.4 Å². The minimum absolute atomic E-state index is 0. The number of rotatable bonds is 15. The average molecular weight is 459 g/mol. The van der Waals surface area contributed by atoms with Crippen molar-refractivity contribution < 1.29 is 19.1 Å². The summed E-state index contributed by atoms with van der Waals surface area (Å²) in [4.78, 5) is 23.9. The number of unbranched alkanes of at least 4 members (excludes halogenated alkanes) is 6. The van der Waals surface area contributed by atoms with Gasteiger partial charge in [0, 0.05) is 19.4 Å². The van der Waals surface area contributed by atoms with Crippen LogP contribution in [0, 0.1) is 0 Å². The number of carbonyl (C=O) groups is 2. The van der Waals surface area contributed by atoms with E-state index in [0.29, 0.717) is 12.8 Å². The third kappa shape index (κ3) is 21.4. The zero-order chi connectivity index (χ0) is 22.5. The third-order valence-corrected chi connectivity index (χ3v) is 4.76. The Bertz CT molecular complexity index is 544. The van der Waals surface area contributed by atoms with Gasteiger partial charge in [0.05, 0.1) is 14.2 Å². The number of hydrogen-bond acceptors (Lipinski definition) is 6. The summed E-state index contributed by atoms with van der Waals surface area (Å²) in [5.41, 5.74) is 6.66. The summed E-state index contributed by atoms with van der Waals surface area (Å²) < 4.78 is 9.11. The van der Waals surface area contributed by atoms with Gasteiger partial charge >= 0.3 is 11.9 Å². The highest BCUT2D eigenvalue weighted by atomic mass is 35.5. The molecule has 0 heterocycles. The lowest BCUT2D eigenvalue weighted by atomic mass is 10.1. The van der Waals surface area contributed by atoms with Crippen LogP contribution < -0.4 is 5.73 Å². The van der Waals surface area contributed by atoms with Crippen LogP contribution in [0.2, 0.25) is 0 Å². The standard InChI is InChI=1S/C16H25NO2.C8H17NO2.ClH/c1-17(14-15-10-6-5-7-11-15)13-9-4-3-8-12-16(18)19-2;1-11-8(10)6-4-2-3-5-7-9;/h5-7,10-11H,3-4,8-9,12-14H2,1-2H3;2-7,9H2,1H3;1H. The van der Waals surface area contributed by atoms with E-state index in [1.54, 1.807) is 0 Å². The largest absolute Gasteiger partial charge is 0.469 e. The van der Waals surface area contributed by atoms with Crippen molar-refractivity contribution >= 4 is 24.3 Å². The molecule has 1 aromatic rings. The lowest BCUT2D eigenvalue weighted by molar-refractivity contribution is -0.141. The minimum atomic E-state index is -0.113. The van der Waals surface area contributed by atoms with Crippen molar-refractivity contribution in [3.05, 3.63) is 35.9 Å². The SMILES string of the molecule is COC(=O)CCCCCCN.COC(=O)CCCCCCN(C)Cc1ccccc1.Cl. The second-order valence-electron chi connectivity index (χ2n) is 7.49. The Balaban J connectivity index is 0. The van der Waals surface area contributed by atoms with E-state index in [1.165, 1.54) is 32.6 Å². The van der Waals surface area contributed by atoms with Gasteiger partial charge in [0.15, 0.2) is 0 Å². The Hall–Kier alpha value is -1.63. The molecule has 7 heteroatoms. The van der Waals surface area contributed by atoms with E-state index in [1.807, 2.05) is 6.07 Å². The summed E-state index contributed by atoms with van der Waals surface area (Å²) in [6.07, 6.45) is 9.68. The molecule has 180 valence electrons. The fraction of sp³-hybridized carbons (Fsp3) is 0.667. The molecular formula is C24H43ClN2O4. The Morgan fingerprint density at radius 1 is 0.806 bits per heavy atom. The van der Waals surface area contributed by atoms with Gasteiger partial charge in [0.1, 0.15) is 0 Å². The van der Waals surface area contributed by atoms with Crippen LogP contribution in [0.15, 0.2) is 30.3 Å². The Labute approximate surface area is 195 Å². The number of hydrogen-bond donors (Lipinski definition) is 1. The van der Waals surface area contributed by atoms with E-state index in [9.17, 15) is 9.59 Å². The van der Waals surface area contributed by atoms with Crippen LogP contribution in [-0.2, 0) is 25.6 Å². The van der Waals surface area contributed by atoms with Gasteiger partial charge < -0.3 is 20.1 Å². The first-order valence-corrected chi connectivity index (χ1v) is 11.1. The first kappa shape index (κ1) is 31.6. The number of halogens is 1. The zero-order valence-corrected chi connectivity index (χ0v) is 20.5.